The number of carbonyl (C=O) groups is 1. The van der Waals surface area contributed by atoms with Crippen LogP contribution in [0, 0.1) is 5.41 Å². The highest BCUT2D eigenvalue weighted by atomic mass is 16.6. The number of cyclic esters (lactones) is 1. The molecule has 0 saturated carbocycles. The van der Waals surface area contributed by atoms with E-state index in [1.807, 2.05) is 6.08 Å². The smallest absolute Gasteiger partial charge is 0.413 e. The van der Waals surface area contributed by atoms with E-state index in [0.717, 1.165) is 12.2 Å². The summed E-state index contributed by atoms with van der Waals surface area (Å²) in [6.07, 6.45) is 2.69. The van der Waals surface area contributed by atoms with Crippen LogP contribution < -0.4 is 0 Å². The summed E-state index contributed by atoms with van der Waals surface area (Å²) < 4.78 is 5.02. The van der Waals surface area contributed by atoms with Crippen molar-refractivity contribution in [2.45, 2.75) is 27.2 Å². The molecule has 1 aliphatic heterocycles. The topological polar surface area (TPSA) is 29.5 Å². The van der Waals surface area contributed by atoms with Crippen molar-refractivity contribution in [3.05, 3.63) is 11.8 Å². The highest BCUT2D eigenvalue weighted by Crippen LogP contribution is 2.22. The lowest BCUT2D eigenvalue weighted by molar-refractivity contribution is 0.174. The molecule has 1 heterocycles. The molecule has 13 heavy (non-hydrogen) atoms. The third-order valence-electron chi connectivity index (χ3n) is 1.87. The molecular weight excluding hydrogens is 166 g/mol. The number of hydrogen-bond donors (Lipinski definition) is 0. The number of carbonyl (C=O) groups excluding carboxylic acids is 1. The molecule has 1 saturated heterocycles. The number of ether oxygens (including phenoxy) is 1. The minimum atomic E-state index is -0.250. The van der Waals surface area contributed by atoms with Gasteiger partial charge in [0.05, 0.1) is 6.54 Å². The van der Waals surface area contributed by atoms with Gasteiger partial charge in [-0.25, -0.2) is 4.79 Å². The van der Waals surface area contributed by atoms with Crippen LogP contribution in [-0.4, -0.2) is 24.6 Å². The quantitative estimate of drug-likeness (QED) is 0.624. The van der Waals surface area contributed by atoms with Gasteiger partial charge in [-0.3, -0.25) is 0 Å². The van der Waals surface area contributed by atoms with Crippen LogP contribution in [0.5, 0.6) is 0 Å². The van der Waals surface area contributed by atoms with Crippen molar-refractivity contribution >= 4 is 6.09 Å². The molecule has 1 aliphatic rings. The first-order valence-corrected chi connectivity index (χ1v) is 4.50. The first-order valence-electron chi connectivity index (χ1n) is 4.50. The zero-order chi connectivity index (χ0) is 10.1. The van der Waals surface area contributed by atoms with Gasteiger partial charge in [0.25, 0.3) is 0 Å². The molecule has 1 rings (SSSR count). The summed E-state index contributed by atoms with van der Waals surface area (Å²) in [5.74, 6) is 0.780. The highest BCUT2D eigenvalue weighted by molar-refractivity contribution is 5.71. The Hall–Kier alpha value is -0.990. The summed E-state index contributed by atoms with van der Waals surface area (Å²) in [7, 11) is 1.74. The predicted octanol–water partition coefficient (Wildman–Crippen LogP) is 2.39. The number of nitrogens with zero attached hydrogens (tertiary/aromatic N) is 1. The van der Waals surface area contributed by atoms with Gasteiger partial charge in [0.1, 0.15) is 5.76 Å². The van der Waals surface area contributed by atoms with Gasteiger partial charge in [0, 0.05) is 7.05 Å². The summed E-state index contributed by atoms with van der Waals surface area (Å²) in [5, 5.41) is 0. The van der Waals surface area contributed by atoms with Crippen molar-refractivity contribution in [2.75, 3.05) is 13.6 Å². The van der Waals surface area contributed by atoms with Crippen LogP contribution in [-0.2, 0) is 4.74 Å². The van der Waals surface area contributed by atoms with Gasteiger partial charge >= 0.3 is 6.09 Å². The van der Waals surface area contributed by atoms with Crippen molar-refractivity contribution in [2.24, 2.45) is 5.41 Å². The van der Waals surface area contributed by atoms with Gasteiger partial charge in [-0.15, -0.1) is 0 Å². The monoisotopic (exact) mass is 183 g/mol. The summed E-state index contributed by atoms with van der Waals surface area (Å²) in [4.78, 5) is 12.5. The summed E-state index contributed by atoms with van der Waals surface area (Å²) >= 11 is 0. The molecule has 1 amide bonds. The van der Waals surface area contributed by atoms with E-state index in [0.29, 0.717) is 6.54 Å². The van der Waals surface area contributed by atoms with Gasteiger partial charge in [-0.05, 0) is 17.9 Å². The molecule has 0 unspecified atom stereocenters. The maximum Gasteiger partial charge on any atom is 0.415 e. The van der Waals surface area contributed by atoms with Crippen molar-refractivity contribution in [3.63, 3.8) is 0 Å². The molecule has 3 nitrogen and oxygen atoms in total. The van der Waals surface area contributed by atoms with E-state index in [9.17, 15) is 4.79 Å². The molecule has 0 aromatic carbocycles. The fraction of sp³-hybridized carbons (Fsp3) is 0.700. The highest BCUT2D eigenvalue weighted by Gasteiger charge is 2.23. The van der Waals surface area contributed by atoms with Crippen molar-refractivity contribution < 1.29 is 9.53 Å². The number of allylic oxidation sites excluding steroid dienone is 1. The van der Waals surface area contributed by atoms with Crippen LogP contribution in [0.25, 0.3) is 0 Å². The Labute approximate surface area is 79.4 Å². The second-order valence-electron chi connectivity index (χ2n) is 4.66. The average Bonchev–Trinajstić information content (AvgIpc) is 2.27. The van der Waals surface area contributed by atoms with Gasteiger partial charge < -0.3 is 9.64 Å². The summed E-state index contributed by atoms with van der Waals surface area (Å²) in [5.41, 5.74) is 0.251. The van der Waals surface area contributed by atoms with E-state index in [4.69, 9.17) is 4.74 Å². The lowest BCUT2D eigenvalue weighted by Gasteiger charge is -2.14. The van der Waals surface area contributed by atoms with E-state index in [1.165, 1.54) is 0 Å². The van der Waals surface area contributed by atoms with Crippen LogP contribution >= 0.6 is 0 Å². The van der Waals surface area contributed by atoms with Crippen LogP contribution in [0.3, 0.4) is 0 Å². The third-order valence-corrected chi connectivity index (χ3v) is 1.87. The van der Waals surface area contributed by atoms with E-state index in [1.54, 1.807) is 11.9 Å². The second kappa shape index (κ2) is 3.40. The van der Waals surface area contributed by atoms with E-state index in [2.05, 4.69) is 20.8 Å². The molecule has 1 fully saturated rings. The third kappa shape index (κ3) is 3.09. The maximum atomic E-state index is 11.0. The molecule has 0 aliphatic carbocycles. The molecule has 0 radical (unpaired) electrons. The van der Waals surface area contributed by atoms with Crippen molar-refractivity contribution in [3.8, 4) is 0 Å². The van der Waals surface area contributed by atoms with E-state index >= 15 is 0 Å². The Morgan fingerprint density at radius 1 is 1.54 bits per heavy atom. The van der Waals surface area contributed by atoms with E-state index < -0.39 is 0 Å². The van der Waals surface area contributed by atoms with Crippen molar-refractivity contribution in [1.29, 1.82) is 0 Å². The fourth-order valence-electron chi connectivity index (χ4n) is 1.05. The van der Waals surface area contributed by atoms with Gasteiger partial charge in [-0.1, -0.05) is 20.8 Å². The minimum absolute atomic E-state index is 0.250. The summed E-state index contributed by atoms with van der Waals surface area (Å²) in [6.45, 7) is 7.08. The van der Waals surface area contributed by atoms with Crippen LogP contribution in [0.1, 0.15) is 27.2 Å². The van der Waals surface area contributed by atoms with Crippen molar-refractivity contribution in [1.82, 2.24) is 4.90 Å². The molecule has 0 aromatic heterocycles. The standard InChI is InChI=1S/C10H17NO2/c1-10(2,3)6-5-8-7-11(4)9(12)13-8/h5H,6-7H2,1-4H3/b8-5-. The normalized spacial score (nSPS) is 21.1. The fourth-order valence-corrected chi connectivity index (χ4v) is 1.05. The largest absolute Gasteiger partial charge is 0.415 e. The van der Waals surface area contributed by atoms with Gasteiger partial charge in [0.15, 0.2) is 0 Å². The van der Waals surface area contributed by atoms with Crippen LogP contribution in [0.4, 0.5) is 4.79 Å². The van der Waals surface area contributed by atoms with Crippen LogP contribution in [0.15, 0.2) is 11.8 Å². The first kappa shape index (κ1) is 10.1. The number of amides is 1. The molecule has 0 spiro atoms. The van der Waals surface area contributed by atoms with Gasteiger partial charge in [-0.2, -0.15) is 0 Å². The first-order chi connectivity index (χ1) is 5.88. The Morgan fingerprint density at radius 3 is 2.54 bits per heavy atom. The predicted molar refractivity (Wildman–Crippen MR) is 51.3 cm³/mol. The molecule has 0 bridgehead atoms. The SMILES string of the molecule is CN1C/C(=C/CC(C)(C)C)OC1=O. The van der Waals surface area contributed by atoms with E-state index in [-0.39, 0.29) is 11.5 Å². The van der Waals surface area contributed by atoms with Crippen LogP contribution in [0.2, 0.25) is 0 Å². The zero-order valence-electron chi connectivity index (χ0n) is 8.76. The maximum absolute atomic E-state index is 11.0. The Morgan fingerprint density at radius 2 is 2.15 bits per heavy atom. The number of rotatable bonds is 1. The molecule has 0 atom stereocenters. The molecular formula is C10H17NO2. The molecule has 3 heteroatoms. The Bertz CT molecular complexity index is 238. The molecule has 74 valence electrons. The molecule has 0 aromatic rings. The lowest BCUT2D eigenvalue weighted by Crippen LogP contribution is -2.17. The van der Waals surface area contributed by atoms with Gasteiger partial charge in [0.2, 0.25) is 0 Å². The summed E-state index contributed by atoms with van der Waals surface area (Å²) in [6, 6.07) is 0. The second-order valence-corrected chi connectivity index (χ2v) is 4.66. The minimum Gasteiger partial charge on any atom is -0.413 e. The zero-order valence-corrected chi connectivity index (χ0v) is 8.76. The number of hydrogen-bond acceptors (Lipinski definition) is 2. The number of likely N-dealkylation sites (N-methyl/N-ethyl adjacent to an activating group) is 1. The average molecular weight is 183 g/mol. The molecule has 0 N–H and O–H groups in total. The Kier molecular flexibility index (Phi) is 2.64. The lowest BCUT2D eigenvalue weighted by atomic mass is 9.92. The Balaban J connectivity index is 2.51.